The number of esters is 3. The molecule has 1 rings (SSSR count). The van der Waals surface area contributed by atoms with Gasteiger partial charge in [-0.2, -0.15) is 0 Å². The van der Waals surface area contributed by atoms with Crippen LogP contribution < -0.4 is 0 Å². The van der Waals surface area contributed by atoms with Crippen molar-refractivity contribution in [2.45, 2.75) is 212 Å². The molecule has 398 valence electrons. The highest BCUT2D eigenvalue weighted by molar-refractivity contribution is 5.74. The number of hydrogen-bond donors (Lipinski definition) is 3. The fourth-order valence-corrected chi connectivity index (χ4v) is 7.03. The van der Waals surface area contributed by atoms with Crippen LogP contribution >= 0.6 is 0 Å². The molecule has 0 saturated carbocycles. The fraction of sp³-hybridized carbons (Fsp3) is 0.593. The maximum absolute atomic E-state index is 13.1. The van der Waals surface area contributed by atoms with Crippen LogP contribution in [0.1, 0.15) is 175 Å². The van der Waals surface area contributed by atoms with Crippen LogP contribution in [-0.2, 0) is 42.9 Å². The summed E-state index contributed by atoms with van der Waals surface area (Å²) in [5, 5.41) is 31.3. The van der Waals surface area contributed by atoms with Gasteiger partial charge in [0.15, 0.2) is 24.6 Å². The van der Waals surface area contributed by atoms with Crippen molar-refractivity contribution in [2.75, 3.05) is 13.2 Å². The highest BCUT2D eigenvalue weighted by Gasteiger charge is 2.50. The maximum atomic E-state index is 13.1. The predicted octanol–water partition coefficient (Wildman–Crippen LogP) is 12.9. The van der Waals surface area contributed by atoms with Gasteiger partial charge in [0.05, 0.1) is 13.0 Å². The number of carbonyl (C=O) groups is 4. The summed E-state index contributed by atoms with van der Waals surface area (Å²) in [5.41, 5.74) is 0. The molecule has 12 heteroatoms. The van der Waals surface area contributed by atoms with Crippen LogP contribution in [0.2, 0.25) is 0 Å². The Labute approximate surface area is 427 Å². The number of allylic oxidation sites excluding steroid dienone is 19. The topological polar surface area (TPSA) is 175 Å². The first-order valence-corrected chi connectivity index (χ1v) is 26.5. The lowest BCUT2D eigenvalue weighted by atomic mass is 9.98. The first-order chi connectivity index (χ1) is 34.6. The molecule has 1 aliphatic rings. The summed E-state index contributed by atoms with van der Waals surface area (Å²) in [7, 11) is 0. The molecule has 0 spiro atoms. The second-order valence-electron chi connectivity index (χ2n) is 17.4. The molecule has 0 radical (unpaired) electrons. The summed E-state index contributed by atoms with van der Waals surface area (Å²) in [6, 6.07) is 0. The van der Waals surface area contributed by atoms with Crippen LogP contribution in [0.4, 0.5) is 0 Å². The third-order valence-electron chi connectivity index (χ3n) is 11.1. The van der Waals surface area contributed by atoms with Crippen molar-refractivity contribution in [1.82, 2.24) is 0 Å². The molecule has 6 atom stereocenters. The van der Waals surface area contributed by atoms with E-state index < -0.39 is 67.3 Å². The highest BCUT2D eigenvalue weighted by atomic mass is 16.7. The van der Waals surface area contributed by atoms with Crippen molar-refractivity contribution >= 4 is 23.9 Å². The summed E-state index contributed by atoms with van der Waals surface area (Å²) < 4.78 is 28.1. The molecule has 1 fully saturated rings. The molecule has 0 aromatic carbocycles. The van der Waals surface area contributed by atoms with Gasteiger partial charge in [0, 0.05) is 12.8 Å². The molecular weight excluding hydrogens is 901 g/mol. The van der Waals surface area contributed by atoms with Crippen LogP contribution in [-0.4, -0.2) is 89.2 Å². The van der Waals surface area contributed by atoms with E-state index in [1.165, 1.54) is 25.7 Å². The van der Waals surface area contributed by atoms with Gasteiger partial charge in [0.25, 0.3) is 0 Å². The lowest BCUT2D eigenvalue weighted by molar-refractivity contribution is -0.301. The largest absolute Gasteiger partial charge is 0.479 e. The summed E-state index contributed by atoms with van der Waals surface area (Å²) in [6.45, 7) is 5.57. The van der Waals surface area contributed by atoms with Gasteiger partial charge in [0.1, 0.15) is 18.8 Å². The third-order valence-corrected chi connectivity index (χ3v) is 11.1. The van der Waals surface area contributed by atoms with Crippen LogP contribution in [0.3, 0.4) is 0 Å². The first-order valence-electron chi connectivity index (χ1n) is 26.5. The molecule has 0 bridgehead atoms. The van der Waals surface area contributed by atoms with Crippen molar-refractivity contribution in [1.29, 1.82) is 0 Å². The number of ether oxygens (including phenoxy) is 5. The molecule has 1 heterocycles. The number of hydrogen-bond acceptors (Lipinski definition) is 11. The molecule has 71 heavy (non-hydrogen) atoms. The number of unbranched alkanes of at least 4 members (excludes halogenated alkanes) is 9. The van der Waals surface area contributed by atoms with Gasteiger partial charge in [-0.1, -0.05) is 181 Å². The zero-order valence-corrected chi connectivity index (χ0v) is 43.4. The standard InChI is InChI=1S/C59H90O12/c1-4-7-10-13-16-19-22-25-26-29-30-33-36-39-42-45-51(60)67-48-50(69-52(61)46-43-40-37-34-31-27-23-20-17-14-11-8-5-2)49-68-59-57(55(64)54(63)56(71-59)58(65)66)70-53(62)47-44-41-38-35-32-28-24-21-18-15-12-9-6-3/h7,9-10,12,16,18-21,23,25-26,28,30,32-33,38-39,41-42,50,54-57,59,63-64H,4-6,8,11,13-15,17,22,24,27,29,31,34-37,40,43-49H2,1-3H3,(H,65,66)/b10-7-,12-9-,19-16-,21-18-,23-20-,26-25-,32-28-,33-30-,41-38-,42-39-. The van der Waals surface area contributed by atoms with Gasteiger partial charge in [-0.3, -0.25) is 14.4 Å². The minimum Gasteiger partial charge on any atom is -0.479 e. The van der Waals surface area contributed by atoms with E-state index in [0.29, 0.717) is 25.7 Å². The Hall–Kier alpha value is -4.88. The average molecular weight is 991 g/mol. The molecule has 3 N–H and O–H groups in total. The van der Waals surface area contributed by atoms with Gasteiger partial charge in [-0.25, -0.2) is 4.79 Å². The number of aliphatic hydroxyl groups is 2. The van der Waals surface area contributed by atoms with Gasteiger partial charge in [0.2, 0.25) is 0 Å². The molecule has 0 aliphatic carbocycles. The van der Waals surface area contributed by atoms with Gasteiger partial charge >= 0.3 is 23.9 Å². The number of carboxylic acid groups (broad SMARTS) is 1. The fourth-order valence-electron chi connectivity index (χ4n) is 7.03. The maximum Gasteiger partial charge on any atom is 0.335 e. The van der Waals surface area contributed by atoms with Crippen LogP contribution in [0, 0.1) is 0 Å². The molecule has 12 nitrogen and oxygen atoms in total. The van der Waals surface area contributed by atoms with E-state index in [2.05, 4.69) is 106 Å². The zero-order valence-electron chi connectivity index (χ0n) is 43.4. The smallest absolute Gasteiger partial charge is 0.335 e. The summed E-state index contributed by atoms with van der Waals surface area (Å²) >= 11 is 0. The Balaban J connectivity index is 2.84. The van der Waals surface area contributed by atoms with E-state index in [-0.39, 0.29) is 25.9 Å². The average Bonchev–Trinajstić information content (AvgIpc) is 3.35. The van der Waals surface area contributed by atoms with E-state index in [1.807, 2.05) is 30.4 Å². The van der Waals surface area contributed by atoms with E-state index in [9.17, 15) is 34.5 Å². The number of carbonyl (C=O) groups excluding carboxylic acids is 3. The SMILES string of the molecule is CC/C=C\C/C=C\C/C=C\C/C=C\C/C=C\CC(=O)OCC(COC1OC(C(=O)O)C(O)C(O)C1OC(=O)CC/C=C\C/C=C\C/C=C\C/C=C\CC)OC(=O)CCCCCCC/C=C\CCCCCC. The van der Waals surface area contributed by atoms with E-state index >= 15 is 0 Å². The van der Waals surface area contributed by atoms with Gasteiger partial charge < -0.3 is 39.0 Å². The van der Waals surface area contributed by atoms with Crippen molar-refractivity contribution in [3.05, 3.63) is 122 Å². The monoisotopic (exact) mass is 991 g/mol. The van der Waals surface area contributed by atoms with E-state index in [1.54, 1.807) is 6.08 Å². The second kappa shape index (κ2) is 46.2. The molecule has 1 aliphatic heterocycles. The lowest BCUT2D eigenvalue weighted by Crippen LogP contribution is -2.61. The molecule has 0 aromatic heterocycles. The zero-order chi connectivity index (χ0) is 51.8. The first kappa shape index (κ1) is 64.1. The number of carboxylic acids is 1. The predicted molar refractivity (Wildman–Crippen MR) is 284 cm³/mol. The van der Waals surface area contributed by atoms with Crippen molar-refractivity contribution in [2.24, 2.45) is 0 Å². The van der Waals surface area contributed by atoms with E-state index in [0.717, 1.165) is 83.5 Å². The van der Waals surface area contributed by atoms with Crippen LogP contribution in [0.15, 0.2) is 122 Å². The molecule has 0 aromatic rings. The van der Waals surface area contributed by atoms with E-state index in [4.69, 9.17) is 23.7 Å². The highest BCUT2D eigenvalue weighted by Crippen LogP contribution is 2.26. The number of aliphatic carboxylic acids is 1. The Kier molecular flexibility index (Phi) is 41.7. The quantitative estimate of drug-likeness (QED) is 0.0229. The number of aliphatic hydroxyl groups excluding tert-OH is 2. The minimum atomic E-state index is -1.94. The Morgan fingerprint density at radius 2 is 0.958 bits per heavy atom. The van der Waals surface area contributed by atoms with Crippen molar-refractivity contribution < 1.29 is 58.2 Å². The van der Waals surface area contributed by atoms with Crippen LogP contribution in [0.25, 0.3) is 0 Å². The number of rotatable bonds is 42. The van der Waals surface area contributed by atoms with Crippen molar-refractivity contribution in [3.63, 3.8) is 0 Å². The Morgan fingerprint density at radius 1 is 0.493 bits per heavy atom. The molecule has 1 saturated heterocycles. The Morgan fingerprint density at radius 3 is 1.48 bits per heavy atom. The molecule has 0 amide bonds. The van der Waals surface area contributed by atoms with Crippen molar-refractivity contribution in [3.8, 4) is 0 Å². The molecular formula is C59H90O12. The summed E-state index contributed by atoms with van der Waals surface area (Å²) in [4.78, 5) is 50.8. The van der Waals surface area contributed by atoms with Crippen LogP contribution in [0.5, 0.6) is 0 Å². The third kappa shape index (κ3) is 36.7. The minimum absolute atomic E-state index is 0.0289. The Bertz CT molecular complexity index is 1700. The summed E-state index contributed by atoms with van der Waals surface area (Å²) in [5.74, 6) is -3.43. The normalized spacial score (nSPS) is 19.5. The second-order valence-corrected chi connectivity index (χ2v) is 17.4. The van der Waals surface area contributed by atoms with Gasteiger partial charge in [-0.05, 0) is 96.3 Å². The lowest BCUT2D eigenvalue weighted by Gasteiger charge is -2.40. The molecule has 6 unspecified atom stereocenters. The van der Waals surface area contributed by atoms with Gasteiger partial charge in [-0.15, -0.1) is 0 Å². The summed E-state index contributed by atoms with van der Waals surface area (Å²) in [6.07, 6.45) is 50.9.